The van der Waals surface area contributed by atoms with Crippen LogP contribution in [0.5, 0.6) is 11.5 Å². The number of hydrogen-bond acceptors (Lipinski definition) is 4. The summed E-state index contributed by atoms with van der Waals surface area (Å²) in [5.74, 6) is 1.46. The van der Waals surface area contributed by atoms with Crippen LogP contribution in [-0.2, 0) is 9.47 Å². The van der Waals surface area contributed by atoms with E-state index in [1.165, 1.54) is 0 Å². The van der Waals surface area contributed by atoms with Crippen LogP contribution in [-0.4, -0.2) is 33.5 Å². The fourth-order valence-electron chi connectivity index (χ4n) is 1.62. The van der Waals surface area contributed by atoms with E-state index in [9.17, 15) is 0 Å². The van der Waals surface area contributed by atoms with E-state index in [4.69, 9.17) is 18.9 Å². The van der Waals surface area contributed by atoms with E-state index in [2.05, 4.69) is 0 Å². The van der Waals surface area contributed by atoms with Crippen LogP contribution in [0.1, 0.15) is 18.6 Å². The van der Waals surface area contributed by atoms with Crippen molar-refractivity contribution >= 4 is 0 Å². The Morgan fingerprint density at radius 2 is 2.00 bits per heavy atom. The van der Waals surface area contributed by atoms with E-state index in [-0.39, 0.29) is 12.2 Å². The van der Waals surface area contributed by atoms with Gasteiger partial charge in [0.05, 0.1) is 33.5 Å². The maximum Gasteiger partial charge on any atom is 0.161 e. The first-order valence-corrected chi connectivity index (χ1v) is 5.69. The highest BCUT2D eigenvalue weighted by molar-refractivity contribution is 5.43. The Morgan fingerprint density at radius 1 is 1.29 bits per heavy atom. The Bertz CT molecular complexity index is 374. The maximum absolute atomic E-state index is 5.70. The summed E-state index contributed by atoms with van der Waals surface area (Å²) in [6, 6.07) is 5.82. The molecule has 4 heteroatoms. The molecule has 4 nitrogen and oxygen atoms in total. The molecule has 0 radical (unpaired) electrons. The molecule has 1 saturated heterocycles. The molecule has 2 rings (SSSR count). The van der Waals surface area contributed by atoms with Crippen LogP contribution >= 0.6 is 0 Å². The van der Waals surface area contributed by atoms with Crippen LogP contribution in [0.25, 0.3) is 0 Å². The van der Waals surface area contributed by atoms with Crippen LogP contribution in [0.4, 0.5) is 0 Å². The summed E-state index contributed by atoms with van der Waals surface area (Å²) in [6.45, 7) is 3.48. The molecule has 0 saturated carbocycles. The van der Waals surface area contributed by atoms with Gasteiger partial charge in [0.2, 0.25) is 0 Å². The third-order valence-corrected chi connectivity index (χ3v) is 2.81. The number of methoxy groups -OCH3 is 2. The van der Waals surface area contributed by atoms with Crippen LogP contribution < -0.4 is 9.47 Å². The largest absolute Gasteiger partial charge is 0.493 e. The molecule has 1 fully saturated rings. The third-order valence-electron chi connectivity index (χ3n) is 2.81. The smallest absolute Gasteiger partial charge is 0.161 e. The first-order valence-electron chi connectivity index (χ1n) is 5.69. The van der Waals surface area contributed by atoms with Gasteiger partial charge < -0.3 is 18.9 Å². The number of benzene rings is 1. The highest BCUT2D eigenvalue weighted by Crippen LogP contribution is 2.31. The van der Waals surface area contributed by atoms with Gasteiger partial charge in [-0.15, -0.1) is 0 Å². The molecule has 94 valence electrons. The molecular weight excluding hydrogens is 220 g/mol. The minimum atomic E-state index is 0.0269. The molecule has 0 aliphatic carbocycles. The Hall–Kier alpha value is -1.26. The minimum Gasteiger partial charge on any atom is -0.493 e. The van der Waals surface area contributed by atoms with Crippen molar-refractivity contribution in [1.82, 2.24) is 0 Å². The van der Waals surface area contributed by atoms with Crippen molar-refractivity contribution in [2.45, 2.75) is 19.1 Å². The normalized spacial score (nSPS) is 19.8. The topological polar surface area (TPSA) is 40.2 Å². The van der Waals surface area contributed by atoms with Gasteiger partial charge in [-0.05, 0) is 24.6 Å². The summed E-state index contributed by atoms with van der Waals surface area (Å²) in [6.07, 6.45) is 0.316. The summed E-state index contributed by atoms with van der Waals surface area (Å²) in [5.41, 5.74) is 1.07. The second-order valence-corrected chi connectivity index (χ2v) is 4.05. The Labute approximate surface area is 101 Å². The average molecular weight is 238 g/mol. The van der Waals surface area contributed by atoms with E-state index in [0.29, 0.717) is 6.61 Å². The molecule has 1 heterocycles. The predicted molar refractivity (Wildman–Crippen MR) is 63.7 cm³/mol. The van der Waals surface area contributed by atoms with Crippen molar-refractivity contribution in [2.75, 3.05) is 27.4 Å². The van der Waals surface area contributed by atoms with E-state index < -0.39 is 0 Å². The lowest BCUT2D eigenvalue weighted by Crippen LogP contribution is -2.06. The number of epoxide rings is 1. The third kappa shape index (κ3) is 3.11. The molecule has 1 aliphatic rings. The van der Waals surface area contributed by atoms with Crippen LogP contribution in [0, 0.1) is 0 Å². The minimum absolute atomic E-state index is 0.0269. The van der Waals surface area contributed by atoms with Gasteiger partial charge in [0.25, 0.3) is 0 Å². The molecule has 17 heavy (non-hydrogen) atoms. The zero-order valence-electron chi connectivity index (χ0n) is 10.4. The molecule has 1 aromatic carbocycles. The van der Waals surface area contributed by atoms with Crippen molar-refractivity contribution < 1.29 is 18.9 Å². The van der Waals surface area contributed by atoms with Gasteiger partial charge in [-0.1, -0.05) is 6.07 Å². The number of rotatable bonds is 6. The van der Waals surface area contributed by atoms with Gasteiger partial charge in [-0.25, -0.2) is 0 Å². The van der Waals surface area contributed by atoms with Gasteiger partial charge in [-0.3, -0.25) is 0 Å². The molecule has 0 N–H and O–H groups in total. The van der Waals surface area contributed by atoms with Crippen LogP contribution in [0.3, 0.4) is 0 Å². The fraction of sp³-hybridized carbons (Fsp3) is 0.538. The first kappa shape index (κ1) is 12.2. The van der Waals surface area contributed by atoms with E-state index in [1.54, 1.807) is 14.2 Å². The van der Waals surface area contributed by atoms with Crippen molar-refractivity contribution in [3.05, 3.63) is 23.8 Å². The van der Waals surface area contributed by atoms with Crippen molar-refractivity contribution in [1.29, 1.82) is 0 Å². The molecule has 0 spiro atoms. The van der Waals surface area contributed by atoms with Gasteiger partial charge in [0.15, 0.2) is 11.5 Å². The van der Waals surface area contributed by atoms with Crippen LogP contribution in [0.2, 0.25) is 0 Å². The molecule has 0 aromatic heterocycles. The van der Waals surface area contributed by atoms with Gasteiger partial charge in [-0.2, -0.15) is 0 Å². The quantitative estimate of drug-likeness (QED) is 0.712. The molecule has 0 bridgehead atoms. The molecule has 2 unspecified atom stereocenters. The fourth-order valence-corrected chi connectivity index (χ4v) is 1.62. The second-order valence-electron chi connectivity index (χ2n) is 4.05. The van der Waals surface area contributed by atoms with Gasteiger partial charge in [0.1, 0.15) is 6.10 Å². The zero-order chi connectivity index (χ0) is 12.3. The Balaban J connectivity index is 2.02. The van der Waals surface area contributed by atoms with Crippen LogP contribution in [0.15, 0.2) is 18.2 Å². The van der Waals surface area contributed by atoms with Crippen molar-refractivity contribution in [3.8, 4) is 11.5 Å². The van der Waals surface area contributed by atoms with Gasteiger partial charge >= 0.3 is 0 Å². The molecule has 2 atom stereocenters. The lowest BCUT2D eigenvalue weighted by molar-refractivity contribution is 0.0538. The lowest BCUT2D eigenvalue weighted by Gasteiger charge is -2.15. The van der Waals surface area contributed by atoms with Crippen molar-refractivity contribution in [3.63, 3.8) is 0 Å². The Morgan fingerprint density at radius 3 is 2.59 bits per heavy atom. The SMILES string of the molecule is COc1ccc(C(C)OCC2CO2)cc1OC. The highest BCUT2D eigenvalue weighted by Gasteiger charge is 2.23. The maximum atomic E-state index is 5.70. The lowest BCUT2D eigenvalue weighted by atomic mass is 10.1. The highest BCUT2D eigenvalue weighted by atomic mass is 16.6. The summed E-state index contributed by atoms with van der Waals surface area (Å²) >= 11 is 0. The predicted octanol–water partition coefficient (Wildman–Crippen LogP) is 2.18. The standard InChI is InChI=1S/C13H18O4/c1-9(16-7-11-8-17-11)10-4-5-12(14-2)13(6-10)15-3/h4-6,9,11H,7-8H2,1-3H3. The monoisotopic (exact) mass is 238 g/mol. The number of ether oxygens (including phenoxy) is 4. The van der Waals surface area contributed by atoms with E-state index >= 15 is 0 Å². The molecule has 1 aromatic rings. The second kappa shape index (κ2) is 5.38. The first-order chi connectivity index (χ1) is 8.24. The summed E-state index contributed by atoms with van der Waals surface area (Å²) in [4.78, 5) is 0. The molecular formula is C13H18O4. The van der Waals surface area contributed by atoms with Gasteiger partial charge in [0, 0.05) is 0 Å². The molecule has 0 amide bonds. The Kier molecular flexibility index (Phi) is 3.86. The average Bonchev–Trinajstić information content (AvgIpc) is 3.19. The summed E-state index contributed by atoms with van der Waals surface area (Å²) < 4.78 is 21.3. The van der Waals surface area contributed by atoms with Crippen molar-refractivity contribution in [2.24, 2.45) is 0 Å². The molecule has 1 aliphatic heterocycles. The number of hydrogen-bond donors (Lipinski definition) is 0. The van der Waals surface area contributed by atoms with E-state index in [0.717, 1.165) is 23.7 Å². The summed E-state index contributed by atoms with van der Waals surface area (Å²) in [7, 11) is 3.26. The zero-order valence-corrected chi connectivity index (χ0v) is 10.4. The van der Waals surface area contributed by atoms with E-state index in [1.807, 2.05) is 25.1 Å². The summed E-state index contributed by atoms with van der Waals surface area (Å²) in [5, 5.41) is 0.